The number of hydrogen-bond donors (Lipinski definition) is 1. The van der Waals surface area contributed by atoms with Crippen molar-refractivity contribution in [2.75, 3.05) is 13.1 Å². The third-order valence-corrected chi connectivity index (χ3v) is 3.38. The van der Waals surface area contributed by atoms with Crippen molar-refractivity contribution in [3.63, 3.8) is 0 Å². The summed E-state index contributed by atoms with van der Waals surface area (Å²) in [6.07, 6.45) is 7.14. The lowest BCUT2D eigenvalue weighted by atomic mass is 9.98. The van der Waals surface area contributed by atoms with Crippen molar-refractivity contribution in [1.29, 1.82) is 0 Å². The second-order valence-corrected chi connectivity index (χ2v) is 4.55. The van der Waals surface area contributed by atoms with Gasteiger partial charge in [0.15, 0.2) is 5.82 Å². The molecule has 0 radical (unpaired) electrons. The molecule has 0 atom stereocenters. The van der Waals surface area contributed by atoms with Gasteiger partial charge in [0.05, 0.1) is 0 Å². The molecule has 1 saturated heterocycles. The largest absolute Gasteiger partial charge is 0.317 e. The molecule has 3 rings (SSSR count). The number of aryl methyl sites for hydroxylation is 1. The van der Waals surface area contributed by atoms with E-state index in [4.69, 9.17) is 0 Å². The second kappa shape index (κ2) is 4.41. The number of nitrogens with zero attached hydrogens (tertiary/aromatic N) is 4. The minimum Gasteiger partial charge on any atom is -0.317 e. The zero-order valence-electron chi connectivity index (χ0n) is 10.1. The normalized spacial score (nSPS) is 17.7. The lowest BCUT2D eigenvalue weighted by molar-refractivity contribution is 0.445. The average molecular weight is 231 g/mol. The first kappa shape index (κ1) is 10.7. The van der Waals surface area contributed by atoms with Crippen LogP contribution in [0.4, 0.5) is 0 Å². The molecule has 0 amide bonds. The Morgan fingerprint density at radius 3 is 3.00 bits per heavy atom. The number of fused-ring (bicyclic) bond motifs is 1. The number of hydrogen-bond acceptors (Lipinski definition) is 4. The summed E-state index contributed by atoms with van der Waals surface area (Å²) in [6.45, 7) is 4.25. The van der Waals surface area contributed by atoms with Crippen molar-refractivity contribution >= 4 is 5.78 Å². The summed E-state index contributed by atoms with van der Waals surface area (Å²) >= 11 is 0. The predicted molar refractivity (Wildman–Crippen MR) is 65.0 cm³/mol. The van der Waals surface area contributed by atoms with Gasteiger partial charge in [-0.1, -0.05) is 6.92 Å². The topological polar surface area (TPSA) is 55.1 Å². The first-order valence-electron chi connectivity index (χ1n) is 6.28. The Hall–Kier alpha value is -1.49. The molecule has 1 N–H and O–H groups in total. The summed E-state index contributed by atoms with van der Waals surface area (Å²) in [4.78, 5) is 8.87. The van der Waals surface area contributed by atoms with E-state index in [2.05, 4.69) is 27.3 Å². The molecule has 5 heteroatoms. The van der Waals surface area contributed by atoms with Gasteiger partial charge in [0.2, 0.25) is 0 Å². The predicted octanol–water partition coefficient (Wildman–Crippen LogP) is 1.15. The Balaban J connectivity index is 1.95. The minimum atomic E-state index is 0.489. The molecule has 0 spiro atoms. The summed E-state index contributed by atoms with van der Waals surface area (Å²) in [5, 5.41) is 7.92. The molecule has 0 aliphatic carbocycles. The van der Waals surface area contributed by atoms with Crippen LogP contribution in [0.1, 0.15) is 37.1 Å². The van der Waals surface area contributed by atoms with Crippen LogP contribution in [0, 0.1) is 0 Å². The summed E-state index contributed by atoms with van der Waals surface area (Å²) in [5.41, 5.74) is 1.19. The third kappa shape index (κ3) is 2.02. The fourth-order valence-electron chi connectivity index (χ4n) is 2.27. The van der Waals surface area contributed by atoms with Gasteiger partial charge < -0.3 is 5.32 Å². The highest BCUT2D eigenvalue weighted by Crippen LogP contribution is 2.22. The molecule has 0 saturated carbocycles. The molecule has 2 aromatic rings. The first-order valence-corrected chi connectivity index (χ1v) is 6.28. The highest BCUT2D eigenvalue weighted by molar-refractivity contribution is 5.28. The first-order chi connectivity index (χ1) is 8.36. The number of nitrogens with one attached hydrogen (secondary N) is 1. The van der Waals surface area contributed by atoms with Crippen molar-refractivity contribution in [2.45, 2.75) is 32.1 Å². The van der Waals surface area contributed by atoms with E-state index < -0.39 is 0 Å². The molecule has 0 aromatic carbocycles. The molecule has 1 fully saturated rings. The Kier molecular flexibility index (Phi) is 2.76. The fourth-order valence-corrected chi connectivity index (χ4v) is 2.27. The van der Waals surface area contributed by atoms with Crippen LogP contribution < -0.4 is 5.32 Å². The number of aromatic nitrogens is 4. The van der Waals surface area contributed by atoms with E-state index in [1.54, 1.807) is 0 Å². The van der Waals surface area contributed by atoms with E-state index in [1.807, 2.05) is 16.9 Å². The van der Waals surface area contributed by atoms with E-state index in [0.717, 1.165) is 44.0 Å². The maximum atomic E-state index is 4.56. The van der Waals surface area contributed by atoms with E-state index in [-0.39, 0.29) is 0 Å². The molecule has 1 aliphatic rings. The maximum Gasteiger partial charge on any atom is 0.252 e. The monoisotopic (exact) mass is 231 g/mol. The van der Waals surface area contributed by atoms with Crippen LogP contribution in [-0.4, -0.2) is 32.7 Å². The average Bonchev–Trinajstić information content (AvgIpc) is 2.82. The zero-order chi connectivity index (χ0) is 11.7. The van der Waals surface area contributed by atoms with Crippen LogP contribution in [0.25, 0.3) is 5.78 Å². The Bertz CT molecular complexity index is 513. The van der Waals surface area contributed by atoms with Gasteiger partial charge in [-0.05, 0) is 37.9 Å². The molecule has 3 heterocycles. The molecule has 17 heavy (non-hydrogen) atoms. The van der Waals surface area contributed by atoms with Crippen molar-refractivity contribution < 1.29 is 0 Å². The zero-order valence-corrected chi connectivity index (χ0v) is 10.1. The lowest BCUT2D eigenvalue weighted by Gasteiger charge is -2.19. The highest BCUT2D eigenvalue weighted by atomic mass is 15.3. The van der Waals surface area contributed by atoms with Crippen LogP contribution in [0.5, 0.6) is 0 Å². The summed E-state index contributed by atoms with van der Waals surface area (Å²) in [5.74, 6) is 2.16. The molecule has 5 nitrogen and oxygen atoms in total. The molecule has 2 aromatic heterocycles. The summed E-state index contributed by atoms with van der Waals surface area (Å²) < 4.78 is 1.82. The van der Waals surface area contributed by atoms with Crippen molar-refractivity contribution in [1.82, 2.24) is 24.9 Å². The molecule has 0 unspecified atom stereocenters. The molecular formula is C12H17N5. The van der Waals surface area contributed by atoms with Crippen molar-refractivity contribution in [3.8, 4) is 0 Å². The Morgan fingerprint density at radius 1 is 1.41 bits per heavy atom. The van der Waals surface area contributed by atoms with Gasteiger partial charge in [-0.15, -0.1) is 5.10 Å². The quantitative estimate of drug-likeness (QED) is 0.842. The SMILES string of the molecule is CCc1cnc2nc(C3CCNCC3)nn2c1. The van der Waals surface area contributed by atoms with E-state index in [9.17, 15) is 0 Å². The second-order valence-electron chi connectivity index (χ2n) is 4.55. The maximum absolute atomic E-state index is 4.56. The van der Waals surface area contributed by atoms with Crippen LogP contribution in [-0.2, 0) is 6.42 Å². The van der Waals surface area contributed by atoms with E-state index >= 15 is 0 Å². The van der Waals surface area contributed by atoms with Gasteiger partial charge in [-0.2, -0.15) is 4.98 Å². The lowest BCUT2D eigenvalue weighted by Crippen LogP contribution is -2.27. The standard InChI is InChI=1S/C12H17N5/c1-2-9-7-14-12-15-11(16-17(12)8-9)10-3-5-13-6-4-10/h7-8,10,13H,2-6H2,1H3. The van der Waals surface area contributed by atoms with Gasteiger partial charge >= 0.3 is 0 Å². The molecule has 0 bridgehead atoms. The summed E-state index contributed by atoms with van der Waals surface area (Å²) in [7, 11) is 0. The van der Waals surface area contributed by atoms with Crippen molar-refractivity contribution in [3.05, 3.63) is 23.8 Å². The van der Waals surface area contributed by atoms with E-state index in [0.29, 0.717) is 5.92 Å². The van der Waals surface area contributed by atoms with Crippen LogP contribution in [0.2, 0.25) is 0 Å². The molecular weight excluding hydrogens is 214 g/mol. The number of rotatable bonds is 2. The van der Waals surface area contributed by atoms with Gasteiger partial charge in [-0.25, -0.2) is 9.50 Å². The van der Waals surface area contributed by atoms with Gasteiger partial charge in [-0.3, -0.25) is 0 Å². The minimum absolute atomic E-state index is 0.489. The van der Waals surface area contributed by atoms with Gasteiger partial charge in [0.25, 0.3) is 5.78 Å². The van der Waals surface area contributed by atoms with Gasteiger partial charge in [0, 0.05) is 18.3 Å². The molecule has 1 aliphatic heterocycles. The number of piperidine rings is 1. The van der Waals surface area contributed by atoms with Crippen LogP contribution >= 0.6 is 0 Å². The smallest absolute Gasteiger partial charge is 0.252 e. The Morgan fingerprint density at radius 2 is 2.24 bits per heavy atom. The van der Waals surface area contributed by atoms with Crippen LogP contribution in [0.3, 0.4) is 0 Å². The summed E-state index contributed by atoms with van der Waals surface area (Å²) in [6, 6.07) is 0. The van der Waals surface area contributed by atoms with Gasteiger partial charge in [0.1, 0.15) is 0 Å². The Labute approximate surface area is 100 Å². The fraction of sp³-hybridized carbons (Fsp3) is 0.583. The van der Waals surface area contributed by atoms with Crippen molar-refractivity contribution in [2.24, 2.45) is 0 Å². The van der Waals surface area contributed by atoms with Crippen LogP contribution in [0.15, 0.2) is 12.4 Å². The highest BCUT2D eigenvalue weighted by Gasteiger charge is 2.19. The van der Waals surface area contributed by atoms with E-state index in [1.165, 1.54) is 5.56 Å². The molecule has 90 valence electrons. The third-order valence-electron chi connectivity index (χ3n) is 3.38.